The molecule has 6 nitrogen and oxygen atoms in total. The van der Waals surface area contributed by atoms with Crippen LogP contribution in [-0.2, 0) is 0 Å². The highest BCUT2D eigenvalue weighted by Crippen LogP contribution is 2.19. The number of ether oxygens (including phenoxy) is 1. The molecule has 0 aliphatic carbocycles. The van der Waals surface area contributed by atoms with Crippen molar-refractivity contribution in [1.82, 2.24) is 14.6 Å². The lowest BCUT2D eigenvalue weighted by Gasteiger charge is -2.05. The number of rotatable bonds is 5. The Morgan fingerprint density at radius 1 is 1.19 bits per heavy atom. The Morgan fingerprint density at radius 2 is 2.00 bits per heavy atom. The number of pyridine rings is 1. The molecule has 0 unspecified atom stereocenters. The number of hydrogen-bond donors (Lipinski definition) is 2. The molecule has 0 atom stereocenters. The van der Waals surface area contributed by atoms with Gasteiger partial charge in [0.25, 0.3) is 0 Å². The van der Waals surface area contributed by atoms with Gasteiger partial charge in [-0.05, 0) is 36.4 Å². The molecule has 0 fully saturated rings. The van der Waals surface area contributed by atoms with Crippen molar-refractivity contribution in [3.05, 3.63) is 47.6 Å². The average molecular weight is 304 g/mol. The van der Waals surface area contributed by atoms with E-state index in [1.165, 1.54) is 0 Å². The van der Waals surface area contributed by atoms with Gasteiger partial charge in [0.05, 0.1) is 5.02 Å². The van der Waals surface area contributed by atoms with Gasteiger partial charge in [-0.3, -0.25) is 0 Å². The van der Waals surface area contributed by atoms with Crippen LogP contribution in [0.2, 0.25) is 5.02 Å². The molecule has 0 bridgehead atoms. The molecule has 1 aromatic carbocycles. The van der Waals surface area contributed by atoms with E-state index in [1.54, 1.807) is 16.8 Å². The maximum Gasteiger partial charge on any atom is 0.247 e. The van der Waals surface area contributed by atoms with Crippen LogP contribution in [-0.4, -0.2) is 27.7 Å². The summed E-state index contributed by atoms with van der Waals surface area (Å²) in [4.78, 5) is 4.36. The second-order valence-electron chi connectivity index (χ2n) is 4.37. The predicted molar refractivity (Wildman–Crippen MR) is 82.3 cm³/mol. The highest BCUT2D eigenvalue weighted by atomic mass is 35.5. The third-order valence-electron chi connectivity index (χ3n) is 2.79. The van der Waals surface area contributed by atoms with Crippen molar-refractivity contribution in [2.75, 3.05) is 18.5 Å². The van der Waals surface area contributed by atoms with Crippen LogP contribution >= 0.6 is 11.6 Å². The van der Waals surface area contributed by atoms with Crippen molar-refractivity contribution >= 4 is 28.9 Å². The molecule has 0 aliphatic rings. The van der Waals surface area contributed by atoms with Crippen LogP contribution in [0.1, 0.15) is 0 Å². The standard InChI is InChI=1S/C14H14ClN5O/c15-10-1-6-13-18-14(19-20(13)9-10)17-11-2-4-12(5-3-11)21-8-7-16/h1-6,9H,7-8,16H2,(H,17,19). The van der Waals surface area contributed by atoms with Crippen LogP contribution in [0.5, 0.6) is 5.75 Å². The van der Waals surface area contributed by atoms with Crippen LogP contribution in [0.25, 0.3) is 5.65 Å². The smallest absolute Gasteiger partial charge is 0.247 e. The van der Waals surface area contributed by atoms with E-state index in [0.29, 0.717) is 24.1 Å². The number of halogens is 1. The molecule has 0 saturated carbocycles. The number of nitrogens with zero attached hydrogens (tertiary/aromatic N) is 3. The number of benzene rings is 1. The number of anilines is 2. The van der Waals surface area contributed by atoms with Crippen molar-refractivity contribution in [3.8, 4) is 5.75 Å². The third-order valence-corrected chi connectivity index (χ3v) is 3.02. The second kappa shape index (κ2) is 5.99. The molecule has 2 heterocycles. The first-order valence-electron chi connectivity index (χ1n) is 6.46. The largest absolute Gasteiger partial charge is 0.492 e. The monoisotopic (exact) mass is 303 g/mol. The highest BCUT2D eigenvalue weighted by molar-refractivity contribution is 6.30. The van der Waals surface area contributed by atoms with Crippen molar-refractivity contribution in [2.24, 2.45) is 5.73 Å². The van der Waals surface area contributed by atoms with E-state index in [1.807, 2.05) is 30.3 Å². The Balaban J connectivity index is 1.75. The molecule has 21 heavy (non-hydrogen) atoms. The van der Waals surface area contributed by atoms with Crippen LogP contribution in [0.15, 0.2) is 42.6 Å². The molecule has 0 radical (unpaired) electrons. The van der Waals surface area contributed by atoms with Gasteiger partial charge >= 0.3 is 0 Å². The van der Waals surface area contributed by atoms with Gasteiger partial charge in [-0.15, -0.1) is 5.10 Å². The SMILES string of the molecule is NCCOc1ccc(Nc2nc3ccc(Cl)cn3n2)cc1. The van der Waals surface area contributed by atoms with E-state index in [-0.39, 0.29) is 0 Å². The first-order chi connectivity index (χ1) is 10.2. The summed E-state index contributed by atoms with van der Waals surface area (Å²) in [7, 11) is 0. The first-order valence-corrected chi connectivity index (χ1v) is 6.84. The highest BCUT2D eigenvalue weighted by Gasteiger charge is 2.04. The van der Waals surface area contributed by atoms with E-state index < -0.39 is 0 Å². The van der Waals surface area contributed by atoms with Crippen molar-refractivity contribution in [2.45, 2.75) is 0 Å². The fourth-order valence-corrected chi connectivity index (χ4v) is 2.01. The topological polar surface area (TPSA) is 77.5 Å². The van der Waals surface area contributed by atoms with E-state index in [9.17, 15) is 0 Å². The summed E-state index contributed by atoms with van der Waals surface area (Å²) in [6, 6.07) is 11.1. The quantitative estimate of drug-likeness (QED) is 0.757. The Morgan fingerprint density at radius 3 is 2.76 bits per heavy atom. The minimum atomic E-state index is 0.494. The maximum atomic E-state index is 5.92. The Hall–Kier alpha value is -2.31. The number of nitrogens with one attached hydrogen (secondary N) is 1. The van der Waals surface area contributed by atoms with Gasteiger partial charge in [0.1, 0.15) is 12.4 Å². The normalized spacial score (nSPS) is 10.8. The molecule has 0 saturated heterocycles. The number of hydrogen-bond acceptors (Lipinski definition) is 5. The van der Waals surface area contributed by atoms with E-state index >= 15 is 0 Å². The van der Waals surface area contributed by atoms with Gasteiger partial charge in [-0.25, -0.2) is 4.52 Å². The Labute approximate surface area is 126 Å². The van der Waals surface area contributed by atoms with Gasteiger partial charge in [0, 0.05) is 18.4 Å². The maximum absolute atomic E-state index is 5.92. The summed E-state index contributed by atoms with van der Waals surface area (Å²) >= 11 is 5.92. The zero-order valence-electron chi connectivity index (χ0n) is 11.2. The van der Waals surface area contributed by atoms with Crippen molar-refractivity contribution in [1.29, 1.82) is 0 Å². The minimum absolute atomic E-state index is 0.494. The van der Waals surface area contributed by atoms with Gasteiger partial charge in [-0.1, -0.05) is 11.6 Å². The Kier molecular flexibility index (Phi) is 3.89. The molecule has 3 N–H and O–H groups in total. The molecule has 0 amide bonds. The summed E-state index contributed by atoms with van der Waals surface area (Å²) < 4.78 is 7.05. The molecule has 2 aromatic heterocycles. The van der Waals surface area contributed by atoms with Gasteiger partial charge in [-0.2, -0.15) is 4.98 Å². The zero-order valence-corrected chi connectivity index (χ0v) is 11.9. The molecule has 0 aliphatic heterocycles. The number of nitrogens with two attached hydrogens (primary N) is 1. The van der Waals surface area contributed by atoms with E-state index in [4.69, 9.17) is 22.1 Å². The summed E-state index contributed by atoms with van der Waals surface area (Å²) in [6.45, 7) is 0.995. The van der Waals surface area contributed by atoms with Crippen LogP contribution < -0.4 is 15.8 Å². The molecule has 3 aromatic rings. The fourth-order valence-electron chi connectivity index (χ4n) is 1.85. The predicted octanol–water partition coefficient (Wildman–Crippen LogP) is 2.46. The van der Waals surface area contributed by atoms with Gasteiger partial charge < -0.3 is 15.8 Å². The molecular weight excluding hydrogens is 290 g/mol. The fraction of sp³-hybridized carbons (Fsp3) is 0.143. The summed E-state index contributed by atoms with van der Waals surface area (Å²) in [5, 5.41) is 8.04. The minimum Gasteiger partial charge on any atom is -0.492 e. The van der Waals surface area contributed by atoms with Gasteiger partial charge in [0.15, 0.2) is 5.65 Å². The van der Waals surface area contributed by atoms with E-state index in [2.05, 4.69) is 15.4 Å². The van der Waals surface area contributed by atoms with Gasteiger partial charge in [0.2, 0.25) is 5.95 Å². The molecular formula is C14H14ClN5O. The van der Waals surface area contributed by atoms with Crippen LogP contribution in [0, 0.1) is 0 Å². The summed E-state index contributed by atoms with van der Waals surface area (Å²) in [5.41, 5.74) is 6.99. The van der Waals surface area contributed by atoms with E-state index in [0.717, 1.165) is 17.1 Å². The number of aromatic nitrogens is 3. The first kappa shape index (κ1) is 13.7. The van der Waals surface area contributed by atoms with Crippen LogP contribution in [0.4, 0.5) is 11.6 Å². The third kappa shape index (κ3) is 3.24. The molecule has 108 valence electrons. The number of fused-ring (bicyclic) bond motifs is 1. The Bertz CT molecular complexity index is 741. The summed E-state index contributed by atoms with van der Waals surface area (Å²) in [5.74, 6) is 1.29. The molecule has 7 heteroatoms. The average Bonchev–Trinajstić information content (AvgIpc) is 2.88. The zero-order chi connectivity index (χ0) is 14.7. The second-order valence-corrected chi connectivity index (χ2v) is 4.81. The van der Waals surface area contributed by atoms with Crippen molar-refractivity contribution in [3.63, 3.8) is 0 Å². The molecule has 0 spiro atoms. The van der Waals surface area contributed by atoms with Crippen LogP contribution in [0.3, 0.4) is 0 Å². The lowest BCUT2D eigenvalue weighted by atomic mass is 10.3. The molecule has 3 rings (SSSR count). The lowest BCUT2D eigenvalue weighted by Crippen LogP contribution is -2.10. The summed E-state index contributed by atoms with van der Waals surface area (Å²) in [6.07, 6.45) is 1.71. The lowest BCUT2D eigenvalue weighted by molar-refractivity contribution is 0.328. The van der Waals surface area contributed by atoms with Crippen molar-refractivity contribution < 1.29 is 4.74 Å².